The van der Waals surface area contributed by atoms with Crippen LogP contribution in [0.25, 0.3) is 0 Å². The summed E-state index contributed by atoms with van der Waals surface area (Å²) in [7, 11) is 0. The van der Waals surface area contributed by atoms with Crippen molar-refractivity contribution in [3.05, 3.63) is 57.5 Å². The van der Waals surface area contributed by atoms with Crippen molar-refractivity contribution in [3.63, 3.8) is 0 Å². The number of nitrogens with one attached hydrogen (secondary N) is 1. The lowest BCUT2D eigenvalue weighted by Crippen LogP contribution is -1.98. The lowest BCUT2D eigenvalue weighted by atomic mass is 10.2. The first-order valence-corrected chi connectivity index (χ1v) is 6.29. The predicted octanol–water partition coefficient (Wildman–Crippen LogP) is 4.42. The molecule has 0 atom stereocenters. The molecule has 0 heterocycles. The van der Waals surface area contributed by atoms with E-state index in [0.717, 1.165) is 16.3 Å². The third-order valence-electron chi connectivity index (χ3n) is 2.35. The summed E-state index contributed by atoms with van der Waals surface area (Å²) in [4.78, 5) is 0. The fraction of sp³-hybridized carbons (Fsp3) is 0.0769. The number of rotatable bonds is 3. The van der Waals surface area contributed by atoms with E-state index in [4.69, 9.17) is 11.6 Å². The summed E-state index contributed by atoms with van der Waals surface area (Å²) in [5.41, 5.74) is 2.10. The summed E-state index contributed by atoms with van der Waals surface area (Å²) in [6, 6.07) is 13.0. The standard InChI is InChI=1S/C13H11BrClNO/c14-12-7-9(1-6-13(12)17)8-16-11-4-2-10(15)3-5-11/h1-7,16-17H,8H2. The fourth-order valence-corrected chi connectivity index (χ4v) is 1.98. The molecule has 0 saturated heterocycles. The van der Waals surface area contributed by atoms with E-state index >= 15 is 0 Å². The highest BCUT2D eigenvalue weighted by Gasteiger charge is 1.99. The van der Waals surface area contributed by atoms with Crippen LogP contribution < -0.4 is 5.32 Å². The second-order valence-electron chi connectivity index (χ2n) is 3.65. The zero-order valence-electron chi connectivity index (χ0n) is 8.95. The molecule has 0 saturated carbocycles. The third-order valence-corrected chi connectivity index (χ3v) is 3.24. The molecule has 0 unspecified atom stereocenters. The first-order valence-electron chi connectivity index (χ1n) is 5.12. The molecule has 4 heteroatoms. The zero-order valence-corrected chi connectivity index (χ0v) is 11.3. The van der Waals surface area contributed by atoms with Gasteiger partial charge < -0.3 is 10.4 Å². The van der Waals surface area contributed by atoms with Crippen molar-refractivity contribution in [1.29, 1.82) is 0 Å². The molecule has 2 aromatic carbocycles. The lowest BCUT2D eigenvalue weighted by Gasteiger charge is -2.07. The largest absolute Gasteiger partial charge is 0.507 e. The van der Waals surface area contributed by atoms with Crippen LogP contribution in [-0.2, 0) is 6.54 Å². The maximum Gasteiger partial charge on any atom is 0.129 e. The van der Waals surface area contributed by atoms with E-state index in [-0.39, 0.29) is 5.75 Å². The molecule has 0 radical (unpaired) electrons. The Hall–Kier alpha value is -1.19. The van der Waals surface area contributed by atoms with Crippen molar-refractivity contribution in [1.82, 2.24) is 0 Å². The van der Waals surface area contributed by atoms with Gasteiger partial charge in [-0.25, -0.2) is 0 Å². The van der Waals surface area contributed by atoms with E-state index in [1.54, 1.807) is 6.07 Å². The molecule has 2 rings (SSSR count). The Morgan fingerprint density at radius 1 is 1.12 bits per heavy atom. The highest BCUT2D eigenvalue weighted by atomic mass is 79.9. The van der Waals surface area contributed by atoms with Crippen molar-refractivity contribution in [2.45, 2.75) is 6.54 Å². The van der Waals surface area contributed by atoms with Crippen LogP contribution >= 0.6 is 27.5 Å². The number of hydrogen-bond acceptors (Lipinski definition) is 2. The summed E-state index contributed by atoms with van der Waals surface area (Å²) < 4.78 is 0.702. The maximum absolute atomic E-state index is 9.38. The first-order chi connectivity index (χ1) is 8.15. The van der Waals surface area contributed by atoms with Gasteiger partial charge in [-0.15, -0.1) is 0 Å². The van der Waals surface area contributed by atoms with Crippen LogP contribution in [0, 0.1) is 0 Å². The van der Waals surface area contributed by atoms with Gasteiger partial charge in [-0.3, -0.25) is 0 Å². The number of phenols is 1. The molecule has 0 aliphatic rings. The van der Waals surface area contributed by atoms with Crippen molar-refractivity contribution >= 4 is 33.2 Å². The number of halogens is 2. The topological polar surface area (TPSA) is 32.3 Å². The lowest BCUT2D eigenvalue weighted by molar-refractivity contribution is 0.471. The van der Waals surface area contributed by atoms with E-state index in [9.17, 15) is 5.11 Å². The van der Waals surface area contributed by atoms with E-state index in [1.165, 1.54) is 0 Å². The molecule has 2 aromatic rings. The summed E-state index contributed by atoms with van der Waals surface area (Å²) in [5.74, 6) is 0.250. The average Bonchev–Trinajstić information content (AvgIpc) is 2.33. The minimum absolute atomic E-state index is 0.250. The van der Waals surface area contributed by atoms with Gasteiger partial charge >= 0.3 is 0 Å². The van der Waals surface area contributed by atoms with Gasteiger partial charge in [-0.2, -0.15) is 0 Å². The summed E-state index contributed by atoms with van der Waals surface area (Å²) in [6.45, 7) is 0.695. The van der Waals surface area contributed by atoms with Gasteiger partial charge in [0.25, 0.3) is 0 Å². The fourth-order valence-electron chi connectivity index (χ4n) is 1.43. The van der Waals surface area contributed by atoms with Gasteiger partial charge in [0.1, 0.15) is 5.75 Å². The van der Waals surface area contributed by atoms with Crippen LogP contribution in [0.1, 0.15) is 5.56 Å². The summed E-state index contributed by atoms with van der Waals surface area (Å²) in [5, 5.41) is 13.4. The van der Waals surface area contributed by atoms with Gasteiger partial charge in [0.05, 0.1) is 4.47 Å². The normalized spacial score (nSPS) is 10.2. The molecule has 0 aromatic heterocycles. The molecule has 2 nitrogen and oxygen atoms in total. The number of aromatic hydroxyl groups is 1. The first kappa shape index (κ1) is 12.3. The molecule has 2 N–H and O–H groups in total. The zero-order chi connectivity index (χ0) is 12.3. The molecule has 17 heavy (non-hydrogen) atoms. The number of anilines is 1. The van der Waals surface area contributed by atoms with Crippen LogP contribution in [0.15, 0.2) is 46.9 Å². The van der Waals surface area contributed by atoms with E-state index in [1.807, 2.05) is 36.4 Å². The van der Waals surface area contributed by atoms with Gasteiger partial charge in [-0.05, 0) is 57.9 Å². The minimum Gasteiger partial charge on any atom is -0.507 e. The second-order valence-corrected chi connectivity index (χ2v) is 4.94. The Kier molecular flexibility index (Phi) is 3.92. The molecule has 0 bridgehead atoms. The van der Waals surface area contributed by atoms with Crippen molar-refractivity contribution < 1.29 is 5.11 Å². The molecule has 0 fully saturated rings. The number of hydrogen-bond donors (Lipinski definition) is 2. The van der Waals surface area contributed by atoms with E-state index < -0.39 is 0 Å². The van der Waals surface area contributed by atoms with Gasteiger partial charge in [0, 0.05) is 17.3 Å². The van der Waals surface area contributed by atoms with Crippen LogP contribution in [0.5, 0.6) is 5.75 Å². The molecular weight excluding hydrogens is 302 g/mol. The van der Waals surface area contributed by atoms with Crippen molar-refractivity contribution in [2.75, 3.05) is 5.32 Å². The van der Waals surface area contributed by atoms with Crippen LogP contribution in [0.2, 0.25) is 5.02 Å². The second kappa shape index (κ2) is 5.43. The quantitative estimate of drug-likeness (QED) is 0.879. The van der Waals surface area contributed by atoms with Gasteiger partial charge in [0.15, 0.2) is 0 Å². The van der Waals surface area contributed by atoms with Crippen molar-refractivity contribution in [2.24, 2.45) is 0 Å². The van der Waals surface area contributed by atoms with Gasteiger partial charge in [-0.1, -0.05) is 17.7 Å². The van der Waals surface area contributed by atoms with Crippen LogP contribution in [0.3, 0.4) is 0 Å². The Balaban J connectivity index is 2.02. The summed E-state index contributed by atoms with van der Waals surface area (Å²) in [6.07, 6.45) is 0. The van der Waals surface area contributed by atoms with E-state index in [0.29, 0.717) is 11.0 Å². The third kappa shape index (κ3) is 3.38. The SMILES string of the molecule is Oc1ccc(CNc2ccc(Cl)cc2)cc1Br. The average molecular weight is 313 g/mol. The van der Waals surface area contributed by atoms with Crippen LogP contribution in [0.4, 0.5) is 5.69 Å². The van der Waals surface area contributed by atoms with E-state index in [2.05, 4.69) is 21.2 Å². The molecule has 0 aliphatic heterocycles. The molecule has 88 valence electrons. The monoisotopic (exact) mass is 311 g/mol. The van der Waals surface area contributed by atoms with Crippen molar-refractivity contribution in [3.8, 4) is 5.75 Å². The number of benzene rings is 2. The molecule has 0 spiro atoms. The smallest absolute Gasteiger partial charge is 0.129 e. The molecular formula is C13H11BrClNO. The Morgan fingerprint density at radius 2 is 1.82 bits per heavy atom. The summed E-state index contributed by atoms with van der Waals surface area (Å²) >= 11 is 9.09. The number of phenolic OH excluding ortho intramolecular Hbond substituents is 1. The Labute approximate surface area is 113 Å². The minimum atomic E-state index is 0.250. The molecule has 0 amide bonds. The molecule has 0 aliphatic carbocycles. The Bertz CT molecular complexity index is 513. The highest BCUT2D eigenvalue weighted by Crippen LogP contribution is 2.24. The van der Waals surface area contributed by atoms with Crippen LogP contribution in [-0.4, -0.2) is 5.11 Å². The maximum atomic E-state index is 9.38. The van der Waals surface area contributed by atoms with Gasteiger partial charge in [0.2, 0.25) is 0 Å². The Morgan fingerprint density at radius 3 is 2.47 bits per heavy atom. The highest BCUT2D eigenvalue weighted by molar-refractivity contribution is 9.10. The predicted molar refractivity (Wildman–Crippen MR) is 74.6 cm³/mol.